The molecule has 1 N–H and O–H groups in total. The molecule has 0 radical (unpaired) electrons. The highest BCUT2D eigenvalue weighted by atomic mass is 14.7. The highest BCUT2D eigenvalue weighted by Crippen LogP contribution is 2.41. The predicted molar refractivity (Wildman–Crippen MR) is 168 cm³/mol. The van der Waals surface area contributed by atoms with Crippen molar-refractivity contribution in [2.75, 3.05) is 0 Å². The van der Waals surface area contributed by atoms with E-state index in [4.69, 9.17) is 0 Å². The van der Waals surface area contributed by atoms with Crippen LogP contribution in [0.5, 0.6) is 0 Å². The van der Waals surface area contributed by atoms with Crippen LogP contribution in [0.15, 0.2) is 133 Å². The van der Waals surface area contributed by atoms with Crippen LogP contribution in [0.4, 0.5) is 0 Å². The zero-order chi connectivity index (χ0) is 25.5. The van der Waals surface area contributed by atoms with Gasteiger partial charge in [-0.2, -0.15) is 0 Å². The topological polar surface area (TPSA) is 15.8 Å². The zero-order valence-corrected chi connectivity index (χ0v) is 21.2. The van der Waals surface area contributed by atoms with Gasteiger partial charge in [-0.3, -0.25) is 0 Å². The Bertz CT molecular complexity index is 2370. The Morgan fingerprint density at radius 3 is 1.90 bits per heavy atom. The lowest BCUT2D eigenvalue weighted by atomic mass is 9.89. The first-order valence-corrected chi connectivity index (χ1v) is 13.5. The SMILES string of the molecule is c1cc(-c2ccc3ccc4cccc5ccc2c3c45)cc(-c2cccc3c2[nH]c2ccc4ccccc4c23)c1. The van der Waals surface area contributed by atoms with Gasteiger partial charge in [0.15, 0.2) is 0 Å². The van der Waals surface area contributed by atoms with Gasteiger partial charge in [0.05, 0.1) is 5.52 Å². The molecule has 0 amide bonds. The van der Waals surface area contributed by atoms with E-state index < -0.39 is 0 Å². The van der Waals surface area contributed by atoms with Gasteiger partial charge < -0.3 is 4.98 Å². The third-order valence-corrected chi connectivity index (χ3v) is 8.54. The molecule has 1 heteroatoms. The summed E-state index contributed by atoms with van der Waals surface area (Å²) in [7, 11) is 0. The third-order valence-electron chi connectivity index (χ3n) is 8.54. The van der Waals surface area contributed by atoms with Crippen molar-refractivity contribution >= 4 is 64.9 Å². The number of fused-ring (bicyclic) bond motifs is 5. The Labute approximate surface area is 225 Å². The third kappa shape index (κ3) is 2.90. The van der Waals surface area contributed by atoms with E-state index in [1.54, 1.807) is 0 Å². The Morgan fingerprint density at radius 2 is 1.00 bits per heavy atom. The van der Waals surface area contributed by atoms with Gasteiger partial charge in [0.25, 0.3) is 0 Å². The first-order chi connectivity index (χ1) is 19.3. The fourth-order valence-corrected chi connectivity index (χ4v) is 6.78. The maximum atomic E-state index is 3.76. The van der Waals surface area contributed by atoms with E-state index in [0.29, 0.717) is 0 Å². The summed E-state index contributed by atoms with van der Waals surface area (Å²) in [5.74, 6) is 0. The van der Waals surface area contributed by atoms with Crippen molar-refractivity contribution in [3.8, 4) is 22.3 Å². The van der Waals surface area contributed by atoms with Gasteiger partial charge in [0.2, 0.25) is 0 Å². The molecular formula is C38H23N. The summed E-state index contributed by atoms with van der Waals surface area (Å²) in [6.45, 7) is 0. The monoisotopic (exact) mass is 493 g/mol. The molecule has 1 nitrogen and oxygen atoms in total. The number of rotatable bonds is 2. The minimum Gasteiger partial charge on any atom is -0.354 e. The lowest BCUT2D eigenvalue weighted by Crippen LogP contribution is -1.88. The molecule has 0 aliphatic carbocycles. The minimum atomic E-state index is 1.18. The van der Waals surface area contributed by atoms with Crippen LogP contribution in [0.25, 0.3) is 87.1 Å². The fraction of sp³-hybridized carbons (Fsp3) is 0. The van der Waals surface area contributed by atoms with Crippen LogP contribution in [0.3, 0.4) is 0 Å². The first-order valence-electron chi connectivity index (χ1n) is 13.5. The molecule has 0 unspecified atom stereocenters. The molecule has 0 saturated carbocycles. The second-order valence-electron chi connectivity index (χ2n) is 10.6. The average molecular weight is 494 g/mol. The minimum absolute atomic E-state index is 1.18. The molecule has 0 bridgehead atoms. The Balaban J connectivity index is 1.28. The van der Waals surface area contributed by atoms with Gasteiger partial charge in [-0.15, -0.1) is 0 Å². The van der Waals surface area contributed by atoms with Crippen molar-refractivity contribution < 1.29 is 0 Å². The average Bonchev–Trinajstić information content (AvgIpc) is 3.39. The number of H-pyrrole nitrogens is 1. The van der Waals surface area contributed by atoms with E-state index in [1.165, 1.54) is 87.1 Å². The van der Waals surface area contributed by atoms with Crippen LogP contribution in [-0.4, -0.2) is 4.98 Å². The zero-order valence-electron chi connectivity index (χ0n) is 21.2. The smallest absolute Gasteiger partial charge is 0.0544 e. The Morgan fingerprint density at radius 1 is 0.359 bits per heavy atom. The van der Waals surface area contributed by atoms with Gasteiger partial charge in [-0.25, -0.2) is 0 Å². The number of benzene rings is 8. The van der Waals surface area contributed by atoms with Crippen LogP contribution in [-0.2, 0) is 0 Å². The molecule has 8 aromatic carbocycles. The number of aromatic amines is 1. The van der Waals surface area contributed by atoms with Crippen LogP contribution < -0.4 is 0 Å². The molecule has 0 aliphatic heterocycles. The summed E-state index contributed by atoms with van der Waals surface area (Å²) in [4.78, 5) is 3.76. The Hall–Kier alpha value is -5.14. The van der Waals surface area contributed by atoms with Crippen molar-refractivity contribution in [2.45, 2.75) is 0 Å². The molecule has 9 rings (SSSR count). The summed E-state index contributed by atoms with van der Waals surface area (Å²) < 4.78 is 0. The van der Waals surface area contributed by atoms with Crippen molar-refractivity contribution in [3.05, 3.63) is 133 Å². The fourth-order valence-electron chi connectivity index (χ4n) is 6.78. The maximum Gasteiger partial charge on any atom is 0.0544 e. The van der Waals surface area contributed by atoms with Crippen molar-refractivity contribution in [2.24, 2.45) is 0 Å². The van der Waals surface area contributed by atoms with Gasteiger partial charge in [-0.1, -0.05) is 121 Å². The van der Waals surface area contributed by atoms with E-state index in [1.807, 2.05) is 0 Å². The molecule has 0 spiro atoms. The standard InChI is InChI=1S/C38H23N/c1-2-11-30-23(6-1)18-21-34-37(30)33-13-5-12-31(38(33)39-34)28-10-4-9-27(22-28)29-19-16-26-15-14-24-7-3-8-25-17-20-32(29)36(26)35(24)25/h1-22,39H. The summed E-state index contributed by atoms with van der Waals surface area (Å²) in [5.41, 5.74) is 7.34. The number of para-hydroxylation sites is 1. The molecule has 9 aromatic rings. The highest BCUT2D eigenvalue weighted by molar-refractivity contribution is 6.26. The molecule has 0 saturated heterocycles. The summed E-state index contributed by atoms with van der Waals surface area (Å²) in [6, 6.07) is 49.0. The van der Waals surface area contributed by atoms with E-state index in [9.17, 15) is 0 Å². The highest BCUT2D eigenvalue weighted by Gasteiger charge is 2.15. The number of nitrogens with one attached hydrogen (secondary N) is 1. The lowest BCUT2D eigenvalue weighted by Gasteiger charge is -2.15. The normalized spacial score (nSPS) is 12.1. The van der Waals surface area contributed by atoms with E-state index >= 15 is 0 Å². The number of hydrogen-bond acceptors (Lipinski definition) is 0. The number of hydrogen-bond donors (Lipinski definition) is 1. The quantitative estimate of drug-likeness (QED) is 0.231. The second kappa shape index (κ2) is 7.69. The van der Waals surface area contributed by atoms with E-state index in [-0.39, 0.29) is 0 Å². The molecule has 39 heavy (non-hydrogen) atoms. The van der Waals surface area contributed by atoms with Crippen LogP contribution in [0.2, 0.25) is 0 Å². The molecule has 0 aliphatic rings. The van der Waals surface area contributed by atoms with Crippen LogP contribution >= 0.6 is 0 Å². The second-order valence-corrected chi connectivity index (χ2v) is 10.6. The van der Waals surface area contributed by atoms with Crippen molar-refractivity contribution in [1.29, 1.82) is 0 Å². The van der Waals surface area contributed by atoms with Crippen LogP contribution in [0, 0.1) is 0 Å². The van der Waals surface area contributed by atoms with Crippen molar-refractivity contribution in [3.63, 3.8) is 0 Å². The van der Waals surface area contributed by atoms with Crippen LogP contribution in [0.1, 0.15) is 0 Å². The Kier molecular flexibility index (Phi) is 4.11. The number of aromatic nitrogens is 1. The van der Waals surface area contributed by atoms with E-state index in [2.05, 4.69) is 138 Å². The molecule has 1 heterocycles. The van der Waals surface area contributed by atoms with Gasteiger partial charge in [0, 0.05) is 21.9 Å². The summed E-state index contributed by atoms with van der Waals surface area (Å²) >= 11 is 0. The van der Waals surface area contributed by atoms with Crippen molar-refractivity contribution in [1.82, 2.24) is 4.98 Å². The maximum absolute atomic E-state index is 3.76. The largest absolute Gasteiger partial charge is 0.354 e. The molecule has 180 valence electrons. The summed E-state index contributed by atoms with van der Waals surface area (Å²) in [5, 5.41) is 13.1. The van der Waals surface area contributed by atoms with E-state index in [0.717, 1.165) is 0 Å². The van der Waals surface area contributed by atoms with Gasteiger partial charge >= 0.3 is 0 Å². The summed E-state index contributed by atoms with van der Waals surface area (Å²) in [6.07, 6.45) is 0. The molecule has 0 atom stereocenters. The van der Waals surface area contributed by atoms with Gasteiger partial charge in [-0.05, 0) is 71.9 Å². The molecular weight excluding hydrogens is 470 g/mol. The molecule has 0 fully saturated rings. The predicted octanol–water partition coefficient (Wildman–Crippen LogP) is 10.7. The first kappa shape index (κ1) is 20.9. The van der Waals surface area contributed by atoms with Gasteiger partial charge in [0.1, 0.15) is 0 Å². The lowest BCUT2D eigenvalue weighted by molar-refractivity contribution is 1.54. The molecule has 1 aromatic heterocycles.